The van der Waals surface area contributed by atoms with Crippen molar-refractivity contribution in [3.8, 4) is 0 Å². The summed E-state index contributed by atoms with van der Waals surface area (Å²) < 4.78 is 5.37. The smallest absolute Gasteiger partial charge is 0.220 e. The molecule has 0 spiro atoms. The van der Waals surface area contributed by atoms with Crippen molar-refractivity contribution < 1.29 is 9.53 Å². The Morgan fingerprint density at radius 2 is 2.14 bits per heavy atom. The van der Waals surface area contributed by atoms with Crippen molar-refractivity contribution in [1.29, 1.82) is 0 Å². The topological polar surface area (TPSA) is 38.3 Å². The molecule has 0 radical (unpaired) electrons. The highest BCUT2D eigenvalue weighted by Gasteiger charge is 1.98. The lowest BCUT2D eigenvalue weighted by Gasteiger charge is -2.07. The van der Waals surface area contributed by atoms with Crippen molar-refractivity contribution in [3.63, 3.8) is 0 Å². The maximum Gasteiger partial charge on any atom is 0.220 e. The Balaban J connectivity index is 3.09. The number of nitrogens with one attached hydrogen (secondary N) is 1. The van der Waals surface area contributed by atoms with Gasteiger partial charge in [0.15, 0.2) is 0 Å². The molecular weight excluding hydrogens is 198 g/mol. The summed E-state index contributed by atoms with van der Waals surface area (Å²) in [6.07, 6.45) is 2.78. The van der Waals surface area contributed by atoms with E-state index in [-0.39, 0.29) is 5.91 Å². The average molecular weight is 219 g/mol. The van der Waals surface area contributed by atoms with Crippen molar-refractivity contribution in [3.05, 3.63) is 0 Å². The van der Waals surface area contributed by atoms with Gasteiger partial charge in [0, 0.05) is 19.6 Å². The van der Waals surface area contributed by atoms with Gasteiger partial charge in [0.25, 0.3) is 0 Å². The number of carbonyl (C=O) groups is 1. The molecule has 3 nitrogen and oxygen atoms in total. The van der Waals surface area contributed by atoms with Gasteiger partial charge in [-0.05, 0) is 32.4 Å². The van der Waals surface area contributed by atoms with E-state index in [1.807, 2.05) is 13.8 Å². The number of rotatable bonds is 8. The van der Waals surface area contributed by atoms with Crippen LogP contribution in [-0.2, 0) is 9.53 Å². The first-order valence-electron chi connectivity index (χ1n) is 5.16. The highest BCUT2D eigenvalue weighted by molar-refractivity contribution is 7.80. The molecule has 0 saturated carbocycles. The van der Waals surface area contributed by atoms with Gasteiger partial charge < -0.3 is 10.1 Å². The summed E-state index contributed by atoms with van der Waals surface area (Å²) in [7, 11) is 0. The van der Waals surface area contributed by atoms with E-state index in [1.54, 1.807) is 0 Å². The molecule has 84 valence electrons. The Morgan fingerprint density at radius 3 is 2.71 bits per heavy atom. The van der Waals surface area contributed by atoms with Gasteiger partial charge in [0.2, 0.25) is 5.91 Å². The largest absolute Gasteiger partial charge is 0.379 e. The second-order valence-corrected chi connectivity index (χ2v) is 3.90. The maximum absolute atomic E-state index is 11.0. The summed E-state index contributed by atoms with van der Waals surface area (Å²) in [5.74, 6) is 0.701. The Labute approximate surface area is 92.0 Å². The molecule has 1 amide bonds. The van der Waals surface area contributed by atoms with Gasteiger partial charge in [-0.2, -0.15) is 12.6 Å². The van der Waals surface area contributed by atoms with E-state index >= 15 is 0 Å². The molecule has 0 unspecified atom stereocenters. The Bertz CT molecular complexity index is 151. The van der Waals surface area contributed by atoms with Gasteiger partial charge in [-0.1, -0.05) is 0 Å². The van der Waals surface area contributed by atoms with Crippen molar-refractivity contribution in [2.24, 2.45) is 0 Å². The Kier molecular flexibility index (Phi) is 9.19. The van der Waals surface area contributed by atoms with E-state index in [0.29, 0.717) is 18.3 Å². The molecule has 0 aromatic heterocycles. The van der Waals surface area contributed by atoms with Gasteiger partial charge >= 0.3 is 0 Å². The number of carbonyl (C=O) groups excluding carboxylic acids is 1. The van der Waals surface area contributed by atoms with E-state index in [0.717, 1.165) is 26.0 Å². The van der Waals surface area contributed by atoms with E-state index < -0.39 is 0 Å². The van der Waals surface area contributed by atoms with Crippen molar-refractivity contribution >= 4 is 18.5 Å². The molecule has 0 heterocycles. The number of ether oxygens (including phenoxy) is 1. The van der Waals surface area contributed by atoms with E-state index in [4.69, 9.17) is 4.74 Å². The summed E-state index contributed by atoms with van der Waals surface area (Å²) in [5.41, 5.74) is 0. The minimum Gasteiger partial charge on any atom is -0.379 e. The number of unbranched alkanes of at least 4 members (excludes halogenated alkanes) is 1. The molecular formula is C10H21NO2S. The van der Waals surface area contributed by atoms with Crippen LogP contribution in [0.2, 0.25) is 0 Å². The van der Waals surface area contributed by atoms with Gasteiger partial charge in [-0.3, -0.25) is 4.79 Å². The van der Waals surface area contributed by atoms with Gasteiger partial charge in [-0.15, -0.1) is 0 Å². The number of amides is 1. The molecule has 0 fully saturated rings. The van der Waals surface area contributed by atoms with Crippen LogP contribution in [0, 0.1) is 0 Å². The Hall–Kier alpha value is -0.220. The second-order valence-electron chi connectivity index (χ2n) is 3.45. The summed E-state index contributed by atoms with van der Waals surface area (Å²) in [6, 6.07) is 0. The lowest BCUT2D eigenvalue weighted by atomic mass is 10.3. The molecule has 0 saturated heterocycles. The van der Waals surface area contributed by atoms with Gasteiger partial charge in [-0.25, -0.2) is 0 Å². The van der Waals surface area contributed by atoms with Crippen molar-refractivity contribution in [2.75, 3.05) is 18.9 Å². The molecule has 14 heavy (non-hydrogen) atoms. The van der Waals surface area contributed by atoms with Crippen molar-refractivity contribution in [2.45, 2.75) is 39.2 Å². The third-order valence-electron chi connectivity index (χ3n) is 1.68. The van der Waals surface area contributed by atoms with Crippen LogP contribution in [-0.4, -0.2) is 30.9 Å². The fourth-order valence-electron chi connectivity index (χ4n) is 0.964. The molecule has 0 aromatic carbocycles. The lowest BCUT2D eigenvalue weighted by Crippen LogP contribution is -2.24. The van der Waals surface area contributed by atoms with E-state index in [9.17, 15) is 4.79 Å². The predicted octanol–water partition coefficient (Wildman–Crippen LogP) is 1.63. The van der Waals surface area contributed by atoms with Crippen LogP contribution in [0.15, 0.2) is 0 Å². The fraction of sp³-hybridized carbons (Fsp3) is 0.900. The highest BCUT2D eigenvalue weighted by Crippen LogP contribution is 1.93. The molecule has 0 aliphatic heterocycles. The third kappa shape index (κ3) is 9.86. The molecule has 0 atom stereocenters. The zero-order valence-corrected chi connectivity index (χ0v) is 9.98. The van der Waals surface area contributed by atoms with E-state index in [2.05, 4.69) is 17.9 Å². The number of hydrogen-bond acceptors (Lipinski definition) is 3. The van der Waals surface area contributed by atoms with Gasteiger partial charge in [0.05, 0.1) is 6.10 Å². The third-order valence-corrected chi connectivity index (χ3v) is 1.91. The number of hydrogen-bond donors (Lipinski definition) is 2. The first kappa shape index (κ1) is 13.8. The minimum atomic E-state index is 0.0878. The zero-order chi connectivity index (χ0) is 10.8. The molecule has 0 bridgehead atoms. The monoisotopic (exact) mass is 219 g/mol. The van der Waals surface area contributed by atoms with Crippen LogP contribution in [0.4, 0.5) is 0 Å². The first-order chi connectivity index (χ1) is 6.66. The maximum atomic E-state index is 11.0. The zero-order valence-electron chi connectivity index (χ0n) is 9.08. The molecule has 0 rings (SSSR count). The van der Waals surface area contributed by atoms with Crippen LogP contribution < -0.4 is 5.32 Å². The Morgan fingerprint density at radius 1 is 1.43 bits per heavy atom. The van der Waals surface area contributed by atoms with Crippen LogP contribution in [0.3, 0.4) is 0 Å². The summed E-state index contributed by atoms with van der Waals surface area (Å²) in [4.78, 5) is 11.0. The fourth-order valence-corrected chi connectivity index (χ4v) is 1.17. The van der Waals surface area contributed by atoms with Crippen molar-refractivity contribution in [1.82, 2.24) is 5.32 Å². The lowest BCUT2D eigenvalue weighted by molar-refractivity contribution is -0.120. The van der Waals surface area contributed by atoms with Crippen LogP contribution in [0.5, 0.6) is 0 Å². The SMILES string of the molecule is CC(C)OCCCCNC(=O)CCS. The van der Waals surface area contributed by atoms with Crippen LogP contribution in [0.25, 0.3) is 0 Å². The van der Waals surface area contributed by atoms with Crippen LogP contribution >= 0.6 is 12.6 Å². The summed E-state index contributed by atoms with van der Waals surface area (Å²) in [6.45, 7) is 5.57. The molecule has 0 aliphatic rings. The highest BCUT2D eigenvalue weighted by atomic mass is 32.1. The predicted molar refractivity (Wildman–Crippen MR) is 61.8 cm³/mol. The molecule has 0 aromatic rings. The van der Waals surface area contributed by atoms with Crippen LogP contribution in [0.1, 0.15) is 33.1 Å². The normalized spacial score (nSPS) is 10.6. The molecule has 4 heteroatoms. The minimum absolute atomic E-state index is 0.0878. The standard InChI is InChI=1S/C10H21NO2S/c1-9(2)13-7-4-3-6-11-10(12)5-8-14/h9,14H,3-8H2,1-2H3,(H,11,12). The molecule has 1 N–H and O–H groups in total. The molecule has 0 aliphatic carbocycles. The van der Waals surface area contributed by atoms with E-state index in [1.165, 1.54) is 0 Å². The number of thiol groups is 1. The first-order valence-corrected chi connectivity index (χ1v) is 5.79. The summed E-state index contributed by atoms with van der Waals surface area (Å²) in [5, 5.41) is 2.83. The quantitative estimate of drug-likeness (QED) is 0.481. The summed E-state index contributed by atoms with van der Waals surface area (Å²) >= 11 is 3.98. The average Bonchev–Trinajstić information content (AvgIpc) is 2.11. The van der Waals surface area contributed by atoms with Gasteiger partial charge in [0.1, 0.15) is 0 Å². The second kappa shape index (κ2) is 9.34.